The zero-order valence-electron chi connectivity index (χ0n) is 10.6. The summed E-state index contributed by atoms with van der Waals surface area (Å²) < 4.78 is 16.1. The summed E-state index contributed by atoms with van der Waals surface area (Å²) in [4.78, 5) is 4.24. The van der Waals surface area contributed by atoms with Gasteiger partial charge in [-0.1, -0.05) is 18.1 Å². The van der Waals surface area contributed by atoms with Crippen LogP contribution in [0.2, 0.25) is 0 Å². The van der Waals surface area contributed by atoms with Crippen LogP contribution in [0.5, 0.6) is 11.5 Å². The van der Waals surface area contributed by atoms with Crippen molar-refractivity contribution in [2.45, 2.75) is 19.4 Å². The van der Waals surface area contributed by atoms with E-state index in [9.17, 15) is 0 Å². The third kappa shape index (κ3) is 2.26. The monoisotopic (exact) mass is 261 g/mol. The lowest BCUT2D eigenvalue weighted by atomic mass is 10.1. The Hall–Kier alpha value is -2.08. The number of aromatic nitrogens is 2. The fourth-order valence-corrected chi connectivity index (χ4v) is 1.94. The molecule has 0 radical (unpaired) electrons. The van der Waals surface area contributed by atoms with Crippen LogP contribution in [0.4, 0.5) is 0 Å². The van der Waals surface area contributed by atoms with Crippen molar-refractivity contribution in [2.75, 3.05) is 13.2 Å². The molecule has 3 rings (SSSR count). The van der Waals surface area contributed by atoms with E-state index in [0.717, 1.165) is 11.3 Å². The van der Waals surface area contributed by atoms with E-state index in [4.69, 9.17) is 19.7 Å². The minimum atomic E-state index is -0.431. The summed E-state index contributed by atoms with van der Waals surface area (Å²) in [6.45, 7) is 3.07. The Bertz CT molecular complexity index is 582. The molecule has 0 saturated carbocycles. The van der Waals surface area contributed by atoms with Gasteiger partial charge in [0.1, 0.15) is 13.2 Å². The van der Waals surface area contributed by atoms with Gasteiger partial charge in [0.15, 0.2) is 17.3 Å². The molecule has 0 amide bonds. The van der Waals surface area contributed by atoms with Crippen molar-refractivity contribution in [1.29, 1.82) is 0 Å². The molecule has 1 aliphatic heterocycles. The summed E-state index contributed by atoms with van der Waals surface area (Å²) in [6, 6.07) is 5.17. The van der Waals surface area contributed by atoms with Crippen LogP contribution < -0.4 is 15.2 Å². The standard InChI is InChI=1S/C13H15N3O3/c1-2-11-15-13(16-19-11)12(14)8-3-4-9-10(7-8)18-6-5-17-9/h3-4,7,12H,2,5-6,14H2,1H3. The van der Waals surface area contributed by atoms with E-state index in [1.807, 2.05) is 25.1 Å². The number of rotatable bonds is 3. The molecule has 1 aliphatic rings. The Kier molecular flexibility index (Phi) is 3.08. The number of hydrogen-bond donors (Lipinski definition) is 1. The van der Waals surface area contributed by atoms with Crippen LogP contribution in [0.1, 0.15) is 30.2 Å². The first-order valence-corrected chi connectivity index (χ1v) is 6.25. The molecule has 19 heavy (non-hydrogen) atoms. The molecule has 0 fully saturated rings. The molecule has 2 aromatic rings. The maximum Gasteiger partial charge on any atom is 0.226 e. The van der Waals surface area contributed by atoms with Gasteiger partial charge in [0.25, 0.3) is 0 Å². The van der Waals surface area contributed by atoms with Crippen molar-refractivity contribution in [2.24, 2.45) is 5.73 Å². The molecule has 0 aliphatic carbocycles. The summed E-state index contributed by atoms with van der Waals surface area (Å²) >= 11 is 0. The predicted molar refractivity (Wildman–Crippen MR) is 67.1 cm³/mol. The van der Waals surface area contributed by atoms with E-state index in [2.05, 4.69) is 10.1 Å². The number of nitrogens with two attached hydrogens (primary N) is 1. The third-order valence-corrected chi connectivity index (χ3v) is 2.99. The van der Waals surface area contributed by atoms with E-state index < -0.39 is 6.04 Å². The molecule has 2 heterocycles. The normalized spacial score (nSPS) is 15.3. The van der Waals surface area contributed by atoms with E-state index in [0.29, 0.717) is 37.1 Å². The Morgan fingerprint density at radius 3 is 2.79 bits per heavy atom. The van der Waals surface area contributed by atoms with Gasteiger partial charge in [-0.3, -0.25) is 0 Å². The second-order valence-corrected chi connectivity index (χ2v) is 4.28. The average Bonchev–Trinajstić information content (AvgIpc) is 2.95. The topological polar surface area (TPSA) is 83.4 Å². The number of ether oxygens (including phenoxy) is 2. The summed E-state index contributed by atoms with van der Waals surface area (Å²) in [7, 11) is 0. The van der Waals surface area contributed by atoms with Gasteiger partial charge in [-0.05, 0) is 17.7 Å². The maximum absolute atomic E-state index is 6.14. The SMILES string of the molecule is CCc1nc(C(N)c2ccc3c(c2)OCCO3)no1. The highest BCUT2D eigenvalue weighted by Gasteiger charge is 2.19. The van der Waals surface area contributed by atoms with Crippen LogP contribution >= 0.6 is 0 Å². The molecule has 6 heteroatoms. The summed E-state index contributed by atoms with van der Waals surface area (Å²) in [5.41, 5.74) is 7.00. The van der Waals surface area contributed by atoms with Gasteiger partial charge in [0.05, 0.1) is 6.04 Å². The van der Waals surface area contributed by atoms with Crippen LogP contribution in [0.15, 0.2) is 22.7 Å². The van der Waals surface area contributed by atoms with Gasteiger partial charge in [-0.2, -0.15) is 4.98 Å². The van der Waals surface area contributed by atoms with Gasteiger partial charge < -0.3 is 19.7 Å². The fraction of sp³-hybridized carbons (Fsp3) is 0.385. The van der Waals surface area contributed by atoms with Gasteiger partial charge in [0.2, 0.25) is 5.89 Å². The van der Waals surface area contributed by atoms with E-state index >= 15 is 0 Å². The van der Waals surface area contributed by atoms with Crippen LogP contribution in [0.3, 0.4) is 0 Å². The number of aryl methyl sites for hydroxylation is 1. The lowest BCUT2D eigenvalue weighted by molar-refractivity contribution is 0.171. The number of hydrogen-bond acceptors (Lipinski definition) is 6. The van der Waals surface area contributed by atoms with E-state index in [1.54, 1.807) is 0 Å². The second kappa shape index (κ2) is 4.89. The third-order valence-electron chi connectivity index (χ3n) is 2.99. The van der Waals surface area contributed by atoms with Gasteiger partial charge in [-0.15, -0.1) is 0 Å². The molecular formula is C13H15N3O3. The predicted octanol–water partition coefficient (Wildman–Crippen LogP) is 1.45. The summed E-state index contributed by atoms with van der Waals surface area (Å²) in [5, 5.41) is 3.89. The quantitative estimate of drug-likeness (QED) is 0.900. The Morgan fingerprint density at radius 1 is 1.26 bits per heavy atom. The highest BCUT2D eigenvalue weighted by molar-refractivity contribution is 5.45. The molecule has 1 aromatic heterocycles. The first-order valence-electron chi connectivity index (χ1n) is 6.25. The van der Waals surface area contributed by atoms with Crippen LogP contribution in [0.25, 0.3) is 0 Å². The first kappa shape index (κ1) is 12.0. The van der Waals surface area contributed by atoms with Crippen molar-refractivity contribution >= 4 is 0 Å². The molecule has 6 nitrogen and oxygen atoms in total. The molecular weight excluding hydrogens is 246 g/mol. The van der Waals surface area contributed by atoms with Crippen molar-refractivity contribution in [3.05, 3.63) is 35.5 Å². The Labute approximate surface area is 110 Å². The maximum atomic E-state index is 6.14. The lowest BCUT2D eigenvalue weighted by Crippen LogP contribution is -2.17. The molecule has 1 atom stereocenters. The summed E-state index contributed by atoms with van der Waals surface area (Å²) in [6.07, 6.45) is 0.695. The van der Waals surface area contributed by atoms with Gasteiger partial charge in [-0.25, -0.2) is 0 Å². The van der Waals surface area contributed by atoms with E-state index in [-0.39, 0.29) is 0 Å². The minimum absolute atomic E-state index is 0.431. The number of benzene rings is 1. The fourth-order valence-electron chi connectivity index (χ4n) is 1.94. The smallest absolute Gasteiger partial charge is 0.226 e. The molecule has 0 spiro atoms. The minimum Gasteiger partial charge on any atom is -0.486 e. The van der Waals surface area contributed by atoms with Crippen LogP contribution in [-0.4, -0.2) is 23.4 Å². The number of fused-ring (bicyclic) bond motifs is 1. The lowest BCUT2D eigenvalue weighted by Gasteiger charge is -2.19. The van der Waals surface area contributed by atoms with Crippen LogP contribution in [-0.2, 0) is 6.42 Å². The molecule has 100 valence electrons. The van der Waals surface area contributed by atoms with Crippen LogP contribution in [0, 0.1) is 0 Å². The average molecular weight is 261 g/mol. The highest BCUT2D eigenvalue weighted by Crippen LogP contribution is 2.33. The molecule has 0 bridgehead atoms. The van der Waals surface area contributed by atoms with Crippen molar-refractivity contribution in [3.8, 4) is 11.5 Å². The zero-order valence-corrected chi connectivity index (χ0v) is 10.6. The molecule has 1 unspecified atom stereocenters. The second-order valence-electron chi connectivity index (χ2n) is 4.28. The van der Waals surface area contributed by atoms with Crippen molar-refractivity contribution in [1.82, 2.24) is 10.1 Å². The molecule has 1 aromatic carbocycles. The Morgan fingerprint density at radius 2 is 2.05 bits per heavy atom. The van der Waals surface area contributed by atoms with Gasteiger partial charge >= 0.3 is 0 Å². The largest absolute Gasteiger partial charge is 0.486 e. The summed E-state index contributed by atoms with van der Waals surface area (Å²) in [5.74, 6) is 2.51. The highest BCUT2D eigenvalue weighted by atomic mass is 16.6. The van der Waals surface area contributed by atoms with Crippen molar-refractivity contribution in [3.63, 3.8) is 0 Å². The number of nitrogens with zero attached hydrogens (tertiary/aromatic N) is 2. The van der Waals surface area contributed by atoms with E-state index in [1.165, 1.54) is 0 Å². The molecule has 0 saturated heterocycles. The van der Waals surface area contributed by atoms with Gasteiger partial charge in [0, 0.05) is 6.42 Å². The Balaban J connectivity index is 1.88. The zero-order chi connectivity index (χ0) is 13.2. The molecule has 2 N–H and O–H groups in total. The van der Waals surface area contributed by atoms with Crippen molar-refractivity contribution < 1.29 is 14.0 Å². The first-order chi connectivity index (χ1) is 9.28.